The summed E-state index contributed by atoms with van der Waals surface area (Å²) in [5.41, 5.74) is 4.44. The molecule has 4 heterocycles. The molecule has 0 saturated heterocycles. The number of rotatable bonds is 5. The first-order valence-corrected chi connectivity index (χ1v) is 10.3. The molecular weight excluding hydrogens is 366 g/mol. The van der Waals surface area contributed by atoms with Gasteiger partial charge in [0.1, 0.15) is 5.65 Å². The predicted molar refractivity (Wildman–Crippen MR) is 112 cm³/mol. The fraction of sp³-hybridized carbons (Fsp3) is 0.429. The lowest BCUT2D eigenvalue weighted by molar-refractivity contribution is 0.0346. The van der Waals surface area contributed by atoms with Crippen LogP contribution in [0.4, 0.5) is 5.95 Å². The SMILES string of the molecule is CCOC1CCC(Nc2ncc3c(-c4ccc5nc(C)cn5n4)c[nH]c3n2)CC1. The van der Waals surface area contributed by atoms with Gasteiger partial charge in [0.05, 0.1) is 23.7 Å². The molecule has 0 amide bonds. The highest BCUT2D eigenvalue weighted by atomic mass is 16.5. The number of ether oxygens (including phenoxy) is 1. The smallest absolute Gasteiger partial charge is 0.224 e. The third kappa shape index (κ3) is 3.55. The summed E-state index contributed by atoms with van der Waals surface area (Å²) in [6, 6.07) is 4.35. The number of hydrogen-bond acceptors (Lipinski definition) is 6. The Kier molecular flexibility index (Phi) is 4.63. The van der Waals surface area contributed by atoms with E-state index in [9.17, 15) is 0 Å². The van der Waals surface area contributed by atoms with E-state index in [-0.39, 0.29) is 0 Å². The summed E-state index contributed by atoms with van der Waals surface area (Å²) in [6.45, 7) is 4.81. The van der Waals surface area contributed by atoms with Gasteiger partial charge >= 0.3 is 0 Å². The van der Waals surface area contributed by atoms with Gasteiger partial charge in [0.25, 0.3) is 0 Å². The standard InChI is InChI=1S/C21H25N7O/c1-3-29-15-6-4-14(5-7-15)25-21-23-11-17-16(10-22-20(17)26-21)18-8-9-19-24-13(2)12-28(19)27-18/h8-12,14-15H,3-7H2,1-2H3,(H2,22,23,25,26). The summed E-state index contributed by atoms with van der Waals surface area (Å²) in [7, 11) is 0. The third-order valence-corrected chi connectivity index (χ3v) is 5.56. The Balaban J connectivity index is 1.35. The first-order valence-electron chi connectivity index (χ1n) is 10.3. The molecule has 2 N–H and O–H groups in total. The number of imidazole rings is 1. The lowest BCUT2D eigenvalue weighted by Gasteiger charge is -2.28. The van der Waals surface area contributed by atoms with E-state index in [2.05, 4.69) is 37.3 Å². The second-order valence-corrected chi connectivity index (χ2v) is 7.64. The van der Waals surface area contributed by atoms with Crippen molar-refractivity contribution in [3.8, 4) is 11.3 Å². The number of H-pyrrole nitrogens is 1. The van der Waals surface area contributed by atoms with Crippen LogP contribution in [-0.4, -0.2) is 48.3 Å². The van der Waals surface area contributed by atoms with Crippen LogP contribution in [0, 0.1) is 6.92 Å². The first kappa shape index (κ1) is 18.1. The van der Waals surface area contributed by atoms with Gasteiger partial charge in [-0.05, 0) is 51.7 Å². The topological polar surface area (TPSA) is 93.0 Å². The molecule has 4 aromatic heterocycles. The number of fused-ring (bicyclic) bond motifs is 2. The van der Waals surface area contributed by atoms with Crippen LogP contribution in [0.2, 0.25) is 0 Å². The Morgan fingerprint density at radius 2 is 2.07 bits per heavy atom. The summed E-state index contributed by atoms with van der Waals surface area (Å²) in [4.78, 5) is 16.9. The third-order valence-electron chi connectivity index (χ3n) is 5.56. The van der Waals surface area contributed by atoms with Crippen LogP contribution in [0.3, 0.4) is 0 Å². The van der Waals surface area contributed by atoms with E-state index in [0.29, 0.717) is 18.1 Å². The molecule has 1 fully saturated rings. The number of hydrogen-bond donors (Lipinski definition) is 2. The van der Waals surface area contributed by atoms with Crippen LogP contribution >= 0.6 is 0 Å². The van der Waals surface area contributed by atoms with Gasteiger partial charge in [0, 0.05) is 36.0 Å². The van der Waals surface area contributed by atoms with Crippen molar-refractivity contribution in [1.82, 2.24) is 29.5 Å². The van der Waals surface area contributed by atoms with Crippen LogP contribution < -0.4 is 5.32 Å². The highest BCUT2D eigenvalue weighted by Gasteiger charge is 2.22. The number of aryl methyl sites for hydroxylation is 1. The van der Waals surface area contributed by atoms with Crippen LogP contribution in [0.1, 0.15) is 38.3 Å². The zero-order valence-corrected chi connectivity index (χ0v) is 16.7. The summed E-state index contributed by atoms with van der Waals surface area (Å²) < 4.78 is 7.54. The predicted octanol–water partition coefficient (Wildman–Crippen LogP) is 3.74. The van der Waals surface area contributed by atoms with Crippen LogP contribution in [0.25, 0.3) is 27.9 Å². The number of nitrogens with zero attached hydrogens (tertiary/aromatic N) is 5. The molecule has 29 heavy (non-hydrogen) atoms. The van der Waals surface area contributed by atoms with Crippen LogP contribution in [0.5, 0.6) is 0 Å². The quantitative estimate of drug-likeness (QED) is 0.538. The molecular formula is C21H25N7O. The van der Waals surface area contributed by atoms with Crippen molar-refractivity contribution in [2.75, 3.05) is 11.9 Å². The van der Waals surface area contributed by atoms with Crippen molar-refractivity contribution in [2.24, 2.45) is 0 Å². The Morgan fingerprint density at radius 3 is 2.90 bits per heavy atom. The van der Waals surface area contributed by atoms with Gasteiger partial charge in [0.2, 0.25) is 5.95 Å². The number of aromatic nitrogens is 6. The van der Waals surface area contributed by atoms with Crippen molar-refractivity contribution >= 4 is 22.6 Å². The van der Waals surface area contributed by atoms with E-state index < -0.39 is 0 Å². The van der Waals surface area contributed by atoms with E-state index in [1.165, 1.54) is 0 Å². The first-order chi connectivity index (χ1) is 14.2. The van der Waals surface area contributed by atoms with E-state index in [4.69, 9.17) is 4.74 Å². The minimum atomic E-state index is 0.396. The maximum absolute atomic E-state index is 5.74. The molecule has 0 spiro atoms. The molecule has 0 unspecified atom stereocenters. The Labute approximate surface area is 168 Å². The monoisotopic (exact) mass is 391 g/mol. The molecule has 0 bridgehead atoms. The number of nitrogens with one attached hydrogen (secondary N) is 2. The minimum absolute atomic E-state index is 0.396. The zero-order chi connectivity index (χ0) is 19.8. The van der Waals surface area contributed by atoms with Gasteiger partial charge in [0.15, 0.2) is 5.65 Å². The van der Waals surface area contributed by atoms with Crippen molar-refractivity contribution in [3.63, 3.8) is 0 Å². The maximum atomic E-state index is 5.74. The minimum Gasteiger partial charge on any atom is -0.379 e. The van der Waals surface area contributed by atoms with E-state index >= 15 is 0 Å². The molecule has 4 aromatic rings. The average molecular weight is 391 g/mol. The number of aromatic amines is 1. The molecule has 8 nitrogen and oxygen atoms in total. The van der Waals surface area contributed by atoms with Gasteiger partial charge in [-0.2, -0.15) is 10.1 Å². The van der Waals surface area contributed by atoms with Gasteiger partial charge < -0.3 is 15.0 Å². The second kappa shape index (κ2) is 7.44. The zero-order valence-electron chi connectivity index (χ0n) is 16.7. The number of anilines is 1. The van der Waals surface area contributed by atoms with Crippen molar-refractivity contribution < 1.29 is 4.74 Å². The molecule has 8 heteroatoms. The summed E-state index contributed by atoms with van der Waals surface area (Å²) in [6.07, 6.45) is 10.5. The maximum Gasteiger partial charge on any atom is 0.224 e. The largest absolute Gasteiger partial charge is 0.379 e. The summed E-state index contributed by atoms with van der Waals surface area (Å²) in [5, 5.41) is 9.12. The van der Waals surface area contributed by atoms with Crippen molar-refractivity contribution in [3.05, 3.63) is 36.4 Å². The Hall–Kier alpha value is -3.00. The van der Waals surface area contributed by atoms with Crippen molar-refractivity contribution in [2.45, 2.75) is 51.7 Å². The fourth-order valence-corrected chi connectivity index (χ4v) is 4.12. The summed E-state index contributed by atoms with van der Waals surface area (Å²) >= 11 is 0. The highest BCUT2D eigenvalue weighted by molar-refractivity contribution is 5.92. The molecule has 0 aromatic carbocycles. The molecule has 1 aliphatic rings. The molecule has 0 atom stereocenters. The Morgan fingerprint density at radius 1 is 1.21 bits per heavy atom. The normalized spacial score (nSPS) is 19.8. The van der Waals surface area contributed by atoms with Crippen LogP contribution in [0.15, 0.2) is 30.7 Å². The van der Waals surface area contributed by atoms with E-state index in [0.717, 1.165) is 65.9 Å². The van der Waals surface area contributed by atoms with E-state index in [1.54, 1.807) is 4.52 Å². The highest BCUT2D eigenvalue weighted by Crippen LogP contribution is 2.28. The van der Waals surface area contributed by atoms with Crippen molar-refractivity contribution in [1.29, 1.82) is 0 Å². The van der Waals surface area contributed by atoms with Gasteiger partial charge in [-0.1, -0.05) is 0 Å². The average Bonchev–Trinajstić information content (AvgIpc) is 3.31. The van der Waals surface area contributed by atoms with Gasteiger partial charge in [-0.15, -0.1) is 0 Å². The molecule has 150 valence electrons. The molecule has 5 rings (SSSR count). The second-order valence-electron chi connectivity index (χ2n) is 7.64. The molecule has 0 aliphatic heterocycles. The lowest BCUT2D eigenvalue weighted by atomic mass is 9.93. The van der Waals surface area contributed by atoms with Gasteiger partial charge in [-0.3, -0.25) is 0 Å². The Bertz CT molecular complexity index is 1140. The van der Waals surface area contributed by atoms with Crippen LogP contribution in [-0.2, 0) is 4.74 Å². The van der Waals surface area contributed by atoms with Gasteiger partial charge in [-0.25, -0.2) is 14.5 Å². The summed E-state index contributed by atoms with van der Waals surface area (Å²) in [5.74, 6) is 0.666. The molecule has 1 aliphatic carbocycles. The van der Waals surface area contributed by atoms with E-state index in [1.807, 2.05) is 37.6 Å². The molecule has 1 saturated carbocycles. The fourth-order valence-electron chi connectivity index (χ4n) is 4.12. The lowest BCUT2D eigenvalue weighted by Crippen LogP contribution is -2.30. The molecule has 0 radical (unpaired) electrons.